The fourth-order valence-corrected chi connectivity index (χ4v) is 4.61. The zero-order valence-electron chi connectivity index (χ0n) is 25.1. The molecule has 8 nitrogen and oxygen atoms in total. The number of benzene rings is 2. The van der Waals surface area contributed by atoms with E-state index in [0.717, 1.165) is 30.6 Å². The van der Waals surface area contributed by atoms with Crippen molar-refractivity contribution in [2.75, 3.05) is 27.2 Å². The van der Waals surface area contributed by atoms with Gasteiger partial charge < -0.3 is 19.7 Å². The fourth-order valence-electron chi connectivity index (χ4n) is 4.61. The maximum absolute atomic E-state index is 12.9. The van der Waals surface area contributed by atoms with Gasteiger partial charge in [-0.3, -0.25) is 4.79 Å². The van der Waals surface area contributed by atoms with Gasteiger partial charge in [0.25, 0.3) is 0 Å². The van der Waals surface area contributed by atoms with Gasteiger partial charge in [-0.05, 0) is 83.0 Å². The number of nitrogens with one attached hydrogen (secondary N) is 1. The van der Waals surface area contributed by atoms with Crippen LogP contribution in [-0.2, 0) is 16.0 Å². The lowest BCUT2D eigenvalue weighted by Crippen LogP contribution is -2.61. The molecule has 8 heteroatoms. The molecule has 1 fully saturated rings. The van der Waals surface area contributed by atoms with Crippen LogP contribution in [0.2, 0.25) is 0 Å². The molecule has 1 N–H and O–H groups in total. The number of β-lactam (4-membered cyclic amide) rings is 1. The van der Waals surface area contributed by atoms with Crippen LogP contribution in [0.5, 0.6) is 5.75 Å². The number of rotatable bonds is 13. The van der Waals surface area contributed by atoms with Crippen molar-refractivity contribution in [1.82, 2.24) is 15.1 Å². The third-order valence-corrected chi connectivity index (χ3v) is 8.39. The third-order valence-electron chi connectivity index (χ3n) is 8.39. The van der Waals surface area contributed by atoms with Gasteiger partial charge in [-0.15, -0.1) is 0 Å². The molecule has 2 aromatic rings. The summed E-state index contributed by atoms with van der Waals surface area (Å²) in [6, 6.07) is 14.7. The third kappa shape index (κ3) is 7.84. The Hall–Kier alpha value is -3.39. The van der Waals surface area contributed by atoms with Crippen LogP contribution >= 0.6 is 0 Å². The average Bonchev–Trinajstić information content (AvgIpc) is 2.92. The Labute approximate surface area is 239 Å². The highest BCUT2D eigenvalue weighted by atomic mass is 16.5. The van der Waals surface area contributed by atoms with Crippen molar-refractivity contribution < 1.29 is 23.9 Å². The number of aryl methyl sites for hydroxylation is 1. The normalized spacial score (nSPS) is 15.6. The predicted molar refractivity (Wildman–Crippen MR) is 156 cm³/mol. The summed E-state index contributed by atoms with van der Waals surface area (Å²) < 4.78 is 11.4. The van der Waals surface area contributed by atoms with E-state index in [1.165, 1.54) is 11.1 Å². The van der Waals surface area contributed by atoms with Gasteiger partial charge in [0.15, 0.2) is 6.23 Å². The smallest absolute Gasteiger partial charge is 0.338 e. The number of hydrogen-bond donors (Lipinski definition) is 1. The van der Waals surface area contributed by atoms with E-state index in [0.29, 0.717) is 17.9 Å². The quantitative estimate of drug-likeness (QED) is 0.258. The summed E-state index contributed by atoms with van der Waals surface area (Å²) in [7, 11) is 3.87. The first-order chi connectivity index (χ1) is 18.9. The number of likely N-dealkylation sites (tertiary alicyclic amines) is 1. The minimum Gasteiger partial charge on any atom is -0.469 e. The van der Waals surface area contributed by atoms with Crippen molar-refractivity contribution >= 4 is 17.9 Å². The Morgan fingerprint density at radius 1 is 1.02 bits per heavy atom. The lowest BCUT2D eigenvalue weighted by atomic mass is 9.74. The molecule has 40 heavy (non-hydrogen) atoms. The first kappa shape index (κ1) is 31.1. The second kappa shape index (κ2) is 13.3. The van der Waals surface area contributed by atoms with Gasteiger partial charge in [0, 0.05) is 12.1 Å². The summed E-state index contributed by atoms with van der Waals surface area (Å²) in [4.78, 5) is 40.7. The maximum atomic E-state index is 12.9. The van der Waals surface area contributed by atoms with E-state index in [2.05, 4.69) is 50.4 Å². The second-order valence-corrected chi connectivity index (χ2v) is 11.7. The number of hydrogen-bond acceptors (Lipinski definition) is 6. The van der Waals surface area contributed by atoms with Crippen LogP contribution < -0.4 is 10.1 Å². The molecular formula is C32H45N3O5. The fraction of sp³-hybridized carbons (Fsp3) is 0.531. The maximum Gasteiger partial charge on any atom is 0.338 e. The zero-order valence-corrected chi connectivity index (χ0v) is 25.1. The average molecular weight is 552 g/mol. The van der Waals surface area contributed by atoms with Crippen LogP contribution in [0.25, 0.3) is 0 Å². The molecule has 3 rings (SSSR count). The molecule has 1 heterocycles. The molecule has 1 aliphatic rings. The first-order valence-electron chi connectivity index (χ1n) is 14.2. The number of nitrogens with zero attached hydrogens (tertiary/aromatic N) is 2. The highest BCUT2D eigenvalue weighted by Crippen LogP contribution is 2.34. The molecular weight excluding hydrogens is 506 g/mol. The van der Waals surface area contributed by atoms with E-state index in [1.54, 1.807) is 24.3 Å². The molecule has 0 spiro atoms. The number of likely N-dealkylation sites (N-methyl/N-ethyl adjacent to an activating group) is 1. The van der Waals surface area contributed by atoms with Gasteiger partial charge in [-0.2, -0.15) is 0 Å². The zero-order chi connectivity index (χ0) is 29.5. The highest BCUT2D eigenvalue weighted by molar-refractivity contribution is 5.99. The van der Waals surface area contributed by atoms with Gasteiger partial charge >= 0.3 is 12.0 Å². The predicted octanol–water partition coefficient (Wildman–Crippen LogP) is 5.58. The molecule has 0 bridgehead atoms. The van der Waals surface area contributed by atoms with Crippen molar-refractivity contribution in [2.24, 2.45) is 5.41 Å². The first-order valence-corrected chi connectivity index (χ1v) is 14.2. The van der Waals surface area contributed by atoms with Crippen LogP contribution in [0.1, 0.15) is 74.9 Å². The standard InChI is InChI=1S/C32H45N3O5/c1-8-32(9-2,21-24-12-10-23(3)11-13-24)18-19-33-30(38)35-27(36)20-28(35)40-26-16-14-25(15-17-26)29(37)39-22-31(4,5)34(6)7/h10-17,28H,8-9,18-22H2,1-7H3,(H,33,38)/t28-/m0/s1. The van der Waals surface area contributed by atoms with E-state index in [4.69, 9.17) is 9.47 Å². The topological polar surface area (TPSA) is 88.2 Å². The highest BCUT2D eigenvalue weighted by Gasteiger charge is 2.43. The number of ether oxygens (including phenoxy) is 2. The lowest BCUT2D eigenvalue weighted by Gasteiger charge is -2.38. The molecule has 3 amide bonds. The van der Waals surface area contributed by atoms with Crippen LogP contribution in [-0.4, -0.2) is 66.7 Å². The van der Waals surface area contributed by atoms with Gasteiger partial charge in [-0.1, -0.05) is 56.5 Å². The number of esters is 1. The van der Waals surface area contributed by atoms with Gasteiger partial charge in [0.05, 0.1) is 12.0 Å². The molecule has 1 aliphatic heterocycles. The monoisotopic (exact) mass is 551 g/mol. The Kier molecular flexibility index (Phi) is 10.4. The number of imide groups is 1. The van der Waals surface area contributed by atoms with Crippen molar-refractivity contribution in [3.63, 3.8) is 0 Å². The van der Waals surface area contributed by atoms with Gasteiger partial charge in [-0.25, -0.2) is 14.5 Å². The van der Waals surface area contributed by atoms with E-state index >= 15 is 0 Å². The van der Waals surface area contributed by atoms with Crippen molar-refractivity contribution in [3.8, 4) is 5.75 Å². The van der Waals surface area contributed by atoms with Gasteiger partial charge in [0.1, 0.15) is 12.4 Å². The minimum atomic E-state index is -0.680. The van der Waals surface area contributed by atoms with Crippen LogP contribution in [0, 0.1) is 12.3 Å². The molecule has 0 aliphatic carbocycles. The van der Waals surface area contributed by atoms with Crippen molar-refractivity contribution in [1.29, 1.82) is 0 Å². The van der Waals surface area contributed by atoms with Crippen molar-refractivity contribution in [2.45, 2.75) is 78.5 Å². The Bertz CT molecular complexity index is 1150. The molecule has 218 valence electrons. The SMILES string of the molecule is CCC(CC)(CCNC(=O)N1C(=O)C[C@@H]1Oc1ccc(C(=O)OCC(C)(C)N(C)C)cc1)Cc1ccc(C)cc1. The minimum absolute atomic E-state index is 0.0719. The van der Waals surface area contributed by atoms with E-state index in [1.807, 2.05) is 32.8 Å². The van der Waals surface area contributed by atoms with Crippen LogP contribution in [0.3, 0.4) is 0 Å². The Morgan fingerprint density at radius 2 is 1.65 bits per heavy atom. The number of amides is 3. The summed E-state index contributed by atoms with van der Waals surface area (Å²) in [5.41, 5.74) is 2.73. The number of carbonyl (C=O) groups is 3. The molecule has 0 aromatic heterocycles. The van der Waals surface area contributed by atoms with E-state index in [-0.39, 0.29) is 29.9 Å². The number of urea groups is 1. The lowest BCUT2D eigenvalue weighted by molar-refractivity contribution is -0.152. The Morgan fingerprint density at radius 3 is 2.20 bits per heavy atom. The summed E-state index contributed by atoms with van der Waals surface area (Å²) >= 11 is 0. The molecule has 0 saturated carbocycles. The molecule has 1 saturated heterocycles. The molecule has 1 atom stereocenters. The summed E-state index contributed by atoms with van der Waals surface area (Å²) in [6.07, 6.45) is 3.20. The summed E-state index contributed by atoms with van der Waals surface area (Å²) in [5.74, 6) is -0.225. The van der Waals surface area contributed by atoms with E-state index in [9.17, 15) is 14.4 Å². The van der Waals surface area contributed by atoms with E-state index < -0.39 is 18.2 Å². The summed E-state index contributed by atoms with van der Waals surface area (Å²) in [5, 5.41) is 2.93. The summed E-state index contributed by atoms with van der Waals surface area (Å²) in [6.45, 7) is 11.2. The number of carbonyl (C=O) groups excluding carboxylic acids is 3. The largest absolute Gasteiger partial charge is 0.469 e. The Balaban J connectivity index is 1.51. The van der Waals surface area contributed by atoms with Crippen LogP contribution in [0.4, 0.5) is 4.79 Å². The molecule has 2 aromatic carbocycles. The molecule has 0 unspecified atom stereocenters. The molecule has 0 radical (unpaired) electrons. The van der Waals surface area contributed by atoms with Gasteiger partial charge in [0.2, 0.25) is 5.91 Å². The second-order valence-electron chi connectivity index (χ2n) is 11.7. The van der Waals surface area contributed by atoms with Crippen LogP contribution in [0.15, 0.2) is 48.5 Å². The van der Waals surface area contributed by atoms with Crippen molar-refractivity contribution in [3.05, 3.63) is 65.2 Å².